The Labute approximate surface area is 160 Å². The minimum atomic E-state index is -0.431. The molecule has 0 fully saturated rings. The van der Waals surface area contributed by atoms with E-state index < -0.39 is 6.09 Å². The highest BCUT2D eigenvalue weighted by molar-refractivity contribution is 5.92. The summed E-state index contributed by atoms with van der Waals surface area (Å²) in [5, 5.41) is 0. The van der Waals surface area contributed by atoms with Gasteiger partial charge >= 0.3 is 6.09 Å². The summed E-state index contributed by atoms with van der Waals surface area (Å²) in [6, 6.07) is 19.3. The molecule has 3 rings (SSSR count). The molecule has 2 aromatic carbocycles. The highest BCUT2D eigenvalue weighted by atomic mass is 16.6. The van der Waals surface area contributed by atoms with Crippen molar-refractivity contribution in [1.29, 1.82) is 0 Å². The Hall–Kier alpha value is -2.88. The molecule has 0 saturated carbocycles. The van der Waals surface area contributed by atoms with Crippen LogP contribution in [-0.4, -0.2) is 16.8 Å². The second-order valence-electron chi connectivity index (χ2n) is 7.73. The minimum Gasteiger partial charge on any atom is -0.444 e. The number of benzene rings is 2. The van der Waals surface area contributed by atoms with Gasteiger partial charge in [-0.25, -0.2) is 4.79 Å². The fourth-order valence-electron chi connectivity index (χ4n) is 3.33. The third-order valence-corrected chi connectivity index (χ3v) is 4.60. The number of carbonyl (C=O) groups is 2. The van der Waals surface area contributed by atoms with Gasteiger partial charge in [0.15, 0.2) is 5.78 Å². The van der Waals surface area contributed by atoms with Gasteiger partial charge in [0, 0.05) is 18.2 Å². The van der Waals surface area contributed by atoms with E-state index in [1.54, 1.807) is 11.0 Å². The van der Waals surface area contributed by atoms with Crippen LogP contribution in [0.15, 0.2) is 72.4 Å². The summed E-state index contributed by atoms with van der Waals surface area (Å²) in [6.07, 6.45) is 2.32. The Morgan fingerprint density at radius 2 is 1.56 bits per heavy atom. The molecule has 1 aliphatic carbocycles. The van der Waals surface area contributed by atoms with Gasteiger partial charge in [-0.05, 0) is 23.0 Å². The minimum absolute atomic E-state index is 0.0511. The first-order valence-electron chi connectivity index (χ1n) is 9.18. The molecule has 1 amide bonds. The molecule has 0 radical (unpaired) electrons. The van der Waals surface area contributed by atoms with E-state index >= 15 is 0 Å². The number of amides is 1. The van der Waals surface area contributed by atoms with Crippen molar-refractivity contribution in [2.24, 2.45) is 5.41 Å². The molecule has 2 aromatic rings. The number of rotatable bonds is 5. The summed E-state index contributed by atoms with van der Waals surface area (Å²) in [4.78, 5) is 26.7. The van der Waals surface area contributed by atoms with Crippen molar-refractivity contribution in [3.63, 3.8) is 0 Å². The zero-order valence-electron chi connectivity index (χ0n) is 15.9. The first-order chi connectivity index (χ1) is 12.9. The molecule has 0 N–H and O–H groups in total. The van der Waals surface area contributed by atoms with Gasteiger partial charge in [0.1, 0.15) is 6.61 Å². The van der Waals surface area contributed by atoms with E-state index in [0.717, 1.165) is 16.8 Å². The van der Waals surface area contributed by atoms with E-state index in [2.05, 4.69) is 0 Å². The van der Waals surface area contributed by atoms with Crippen molar-refractivity contribution in [2.45, 2.75) is 39.8 Å². The van der Waals surface area contributed by atoms with Gasteiger partial charge in [-0.3, -0.25) is 9.69 Å². The highest BCUT2D eigenvalue weighted by Crippen LogP contribution is 2.35. The lowest BCUT2D eigenvalue weighted by Crippen LogP contribution is -2.35. The van der Waals surface area contributed by atoms with Gasteiger partial charge in [0.2, 0.25) is 0 Å². The predicted octanol–water partition coefficient (Wildman–Crippen LogP) is 5.10. The molecule has 1 aliphatic rings. The zero-order valence-corrected chi connectivity index (χ0v) is 15.9. The zero-order chi connectivity index (χ0) is 19.3. The van der Waals surface area contributed by atoms with Gasteiger partial charge in [-0.1, -0.05) is 74.5 Å². The van der Waals surface area contributed by atoms with Crippen LogP contribution < -0.4 is 0 Å². The van der Waals surface area contributed by atoms with Crippen LogP contribution in [-0.2, 0) is 22.7 Å². The van der Waals surface area contributed by atoms with Gasteiger partial charge in [0.25, 0.3) is 0 Å². The molecule has 0 atom stereocenters. The molecule has 0 unspecified atom stereocenters. The van der Waals surface area contributed by atoms with Crippen molar-refractivity contribution >= 4 is 11.9 Å². The number of ketones is 1. The number of carbonyl (C=O) groups excluding carboxylic acids is 2. The molecule has 0 aromatic heterocycles. The van der Waals surface area contributed by atoms with Gasteiger partial charge in [0.05, 0.1) is 6.54 Å². The van der Waals surface area contributed by atoms with E-state index in [1.165, 1.54) is 0 Å². The lowest BCUT2D eigenvalue weighted by atomic mass is 9.78. The summed E-state index contributed by atoms with van der Waals surface area (Å²) in [5.41, 5.74) is 2.47. The van der Waals surface area contributed by atoms with Crippen molar-refractivity contribution in [3.05, 3.63) is 83.6 Å². The average molecular weight is 363 g/mol. The van der Waals surface area contributed by atoms with E-state index in [-0.39, 0.29) is 17.8 Å². The summed E-state index contributed by atoms with van der Waals surface area (Å²) in [7, 11) is 0. The predicted molar refractivity (Wildman–Crippen MR) is 105 cm³/mol. The SMILES string of the molecule is CC1(C)CC(=O)C=C(N(Cc2ccccc2)C(=O)OCc2ccccc2)C1. The highest BCUT2D eigenvalue weighted by Gasteiger charge is 2.32. The Morgan fingerprint density at radius 1 is 0.963 bits per heavy atom. The summed E-state index contributed by atoms with van der Waals surface area (Å²) < 4.78 is 5.55. The maximum absolute atomic E-state index is 12.9. The van der Waals surface area contributed by atoms with Gasteiger partial charge in [-0.2, -0.15) is 0 Å². The number of nitrogens with zero attached hydrogens (tertiary/aromatic N) is 1. The largest absolute Gasteiger partial charge is 0.444 e. The average Bonchev–Trinajstić information content (AvgIpc) is 2.64. The fraction of sp³-hybridized carbons (Fsp3) is 0.304. The van der Waals surface area contributed by atoms with Gasteiger partial charge < -0.3 is 4.74 Å². The standard InChI is InChI=1S/C23H25NO3/c1-23(2)14-20(13-21(25)15-23)24(16-18-9-5-3-6-10-18)22(26)27-17-19-11-7-4-8-12-19/h3-13H,14-17H2,1-2H3. The van der Waals surface area contributed by atoms with Crippen molar-refractivity contribution < 1.29 is 14.3 Å². The number of hydrogen-bond donors (Lipinski definition) is 0. The Balaban J connectivity index is 1.81. The Bertz CT molecular complexity index is 825. The Kier molecular flexibility index (Phi) is 5.75. The fourth-order valence-corrected chi connectivity index (χ4v) is 3.33. The number of ether oxygens (including phenoxy) is 1. The maximum Gasteiger partial charge on any atom is 0.414 e. The first-order valence-corrected chi connectivity index (χ1v) is 9.18. The third-order valence-electron chi connectivity index (χ3n) is 4.60. The topological polar surface area (TPSA) is 46.6 Å². The number of hydrogen-bond acceptors (Lipinski definition) is 3. The van der Waals surface area contributed by atoms with E-state index in [9.17, 15) is 9.59 Å². The summed E-state index contributed by atoms with van der Waals surface area (Å²) >= 11 is 0. The first kappa shape index (κ1) is 18.9. The van der Waals surface area contributed by atoms with Crippen LogP contribution in [0.1, 0.15) is 37.8 Å². The number of allylic oxidation sites excluding steroid dienone is 2. The molecule has 4 heteroatoms. The van der Waals surface area contributed by atoms with Crippen LogP contribution in [0.4, 0.5) is 4.79 Å². The van der Waals surface area contributed by atoms with E-state index in [0.29, 0.717) is 19.4 Å². The van der Waals surface area contributed by atoms with Crippen LogP contribution >= 0.6 is 0 Å². The summed E-state index contributed by atoms with van der Waals surface area (Å²) in [6.45, 7) is 4.68. The molecule has 140 valence electrons. The second-order valence-corrected chi connectivity index (χ2v) is 7.73. The molecule has 27 heavy (non-hydrogen) atoms. The normalized spacial score (nSPS) is 15.8. The molecular formula is C23H25NO3. The van der Waals surface area contributed by atoms with Crippen LogP contribution in [0.25, 0.3) is 0 Å². The molecule has 0 spiro atoms. The van der Waals surface area contributed by atoms with Crippen molar-refractivity contribution in [3.8, 4) is 0 Å². The molecule has 0 heterocycles. The monoisotopic (exact) mass is 363 g/mol. The van der Waals surface area contributed by atoms with E-state index in [4.69, 9.17) is 4.74 Å². The van der Waals surface area contributed by atoms with Crippen LogP contribution in [0.3, 0.4) is 0 Å². The molecule has 0 aliphatic heterocycles. The molecular weight excluding hydrogens is 338 g/mol. The summed E-state index contributed by atoms with van der Waals surface area (Å²) in [5.74, 6) is 0.0511. The lowest BCUT2D eigenvalue weighted by Gasteiger charge is -2.34. The van der Waals surface area contributed by atoms with Crippen LogP contribution in [0.2, 0.25) is 0 Å². The van der Waals surface area contributed by atoms with Crippen molar-refractivity contribution in [2.75, 3.05) is 0 Å². The molecule has 4 nitrogen and oxygen atoms in total. The van der Waals surface area contributed by atoms with Crippen molar-refractivity contribution in [1.82, 2.24) is 4.90 Å². The Morgan fingerprint density at radius 3 is 2.15 bits per heavy atom. The van der Waals surface area contributed by atoms with E-state index in [1.807, 2.05) is 74.5 Å². The third kappa shape index (κ3) is 5.30. The smallest absolute Gasteiger partial charge is 0.414 e. The molecule has 0 saturated heterocycles. The second kappa shape index (κ2) is 8.21. The quantitative estimate of drug-likeness (QED) is 0.742. The maximum atomic E-state index is 12.9. The molecule has 0 bridgehead atoms. The van der Waals surface area contributed by atoms with Crippen LogP contribution in [0.5, 0.6) is 0 Å². The lowest BCUT2D eigenvalue weighted by molar-refractivity contribution is -0.117. The van der Waals surface area contributed by atoms with Gasteiger partial charge in [-0.15, -0.1) is 0 Å². The van der Waals surface area contributed by atoms with Crippen LogP contribution in [0, 0.1) is 5.41 Å².